The average molecular weight is 426 g/mol. The van der Waals surface area contributed by atoms with Gasteiger partial charge in [0.05, 0.1) is 6.21 Å². The topological polar surface area (TPSA) is 48.3 Å². The molecule has 1 atom stereocenters. The van der Waals surface area contributed by atoms with Crippen LogP contribution < -0.4 is 4.90 Å². The van der Waals surface area contributed by atoms with Gasteiger partial charge in [0, 0.05) is 38.4 Å². The first-order chi connectivity index (χ1) is 12.7. The summed E-state index contributed by atoms with van der Waals surface area (Å²) in [5.74, 6) is 0. The number of hydrogen-bond acceptors (Lipinski definition) is 5. The molecular weight excluding hydrogens is 397 g/mol. The lowest BCUT2D eigenvalue weighted by molar-refractivity contribution is 0.0187. The number of β-amino-alcohol motifs (C(OH)–C–C–N with tert-alkyl or cyclic N) is 1. The summed E-state index contributed by atoms with van der Waals surface area (Å²) in [6, 6.07) is 18.5. The molecule has 1 N–H and O–H groups in total. The van der Waals surface area contributed by atoms with Gasteiger partial charge in [-0.25, -0.2) is 0 Å². The van der Waals surface area contributed by atoms with Gasteiger partial charge in [-0.1, -0.05) is 53.2 Å². The van der Waals surface area contributed by atoms with Crippen LogP contribution in [0.5, 0.6) is 0 Å². The van der Waals surface area contributed by atoms with Gasteiger partial charge in [0.2, 0.25) is 0 Å². The van der Waals surface area contributed by atoms with Crippen LogP contribution in [0.4, 0.5) is 5.69 Å². The molecular formula is C21H29Cl2N3O2. The van der Waals surface area contributed by atoms with Crippen molar-refractivity contribution in [3.8, 4) is 0 Å². The molecule has 1 unspecified atom stereocenters. The van der Waals surface area contributed by atoms with Crippen molar-refractivity contribution in [1.82, 2.24) is 4.90 Å². The molecule has 0 aliphatic carbocycles. The van der Waals surface area contributed by atoms with E-state index in [9.17, 15) is 5.11 Å². The van der Waals surface area contributed by atoms with Crippen molar-refractivity contribution in [2.45, 2.75) is 13.0 Å². The van der Waals surface area contributed by atoms with Crippen LogP contribution in [0, 0.1) is 6.92 Å². The Morgan fingerprint density at radius 3 is 2.29 bits per heavy atom. The number of aryl methyl sites for hydroxylation is 1. The van der Waals surface area contributed by atoms with Crippen molar-refractivity contribution >= 4 is 36.7 Å². The second kappa shape index (κ2) is 12.6. The van der Waals surface area contributed by atoms with Crippen LogP contribution in [0.2, 0.25) is 0 Å². The van der Waals surface area contributed by atoms with Gasteiger partial charge in [0.1, 0.15) is 12.7 Å². The molecule has 0 bridgehead atoms. The number of anilines is 1. The Morgan fingerprint density at radius 2 is 1.64 bits per heavy atom. The number of aliphatic hydroxyl groups excluding tert-OH is 1. The number of para-hydroxylation sites is 1. The Labute approximate surface area is 179 Å². The Morgan fingerprint density at radius 1 is 1.00 bits per heavy atom. The van der Waals surface area contributed by atoms with Gasteiger partial charge >= 0.3 is 0 Å². The SMILES string of the molecule is Cc1ccc(C=NOCC(O)CN2CCN(c3ccccc3)CC2)cc1.Cl.Cl. The molecule has 2 aromatic rings. The molecule has 1 aliphatic heterocycles. The van der Waals surface area contributed by atoms with E-state index in [4.69, 9.17) is 4.84 Å². The van der Waals surface area contributed by atoms with E-state index in [2.05, 4.69) is 39.2 Å². The van der Waals surface area contributed by atoms with Crippen LogP contribution in [0.1, 0.15) is 11.1 Å². The minimum atomic E-state index is -0.534. The lowest BCUT2D eigenvalue weighted by Crippen LogP contribution is -2.49. The molecule has 0 amide bonds. The predicted molar refractivity (Wildman–Crippen MR) is 120 cm³/mol. The lowest BCUT2D eigenvalue weighted by atomic mass is 10.2. The van der Waals surface area contributed by atoms with E-state index in [0.717, 1.165) is 31.7 Å². The Hall–Kier alpha value is -1.79. The number of aliphatic hydroxyl groups is 1. The maximum atomic E-state index is 10.2. The van der Waals surface area contributed by atoms with Crippen LogP contribution in [0.25, 0.3) is 0 Å². The molecule has 28 heavy (non-hydrogen) atoms. The zero-order chi connectivity index (χ0) is 18.2. The summed E-state index contributed by atoms with van der Waals surface area (Å²) in [5, 5.41) is 14.1. The van der Waals surface area contributed by atoms with Crippen molar-refractivity contribution in [2.24, 2.45) is 5.16 Å². The van der Waals surface area contributed by atoms with Gasteiger partial charge in [-0.05, 0) is 24.6 Å². The lowest BCUT2D eigenvalue weighted by Gasteiger charge is -2.36. The zero-order valence-corrected chi connectivity index (χ0v) is 17.7. The maximum absolute atomic E-state index is 10.2. The average Bonchev–Trinajstić information content (AvgIpc) is 2.68. The highest BCUT2D eigenvalue weighted by molar-refractivity contribution is 5.85. The predicted octanol–water partition coefficient (Wildman–Crippen LogP) is 3.37. The second-order valence-electron chi connectivity index (χ2n) is 6.72. The summed E-state index contributed by atoms with van der Waals surface area (Å²) in [6.07, 6.45) is 1.14. The first-order valence-electron chi connectivity index (χ1n) is 9.13. The van der Waals surface area contributed by atoms with Crippen molar-refractivity contribution in [1.29, 1.82) is 0 Å². The summed E-state index contributed by atoms with van der Waals surface area (Å²) in [6.45, 7) is 6.71. The molecule has 154 valence electrons. The van der Waals surface area contributed by atoms with Crippen LogP contribution in [-0.4, -0.2) is 61.7 Å². The van der Waals surface area contributed by atoms with Crippen molar-refractivity contribution in [3.05, 3.63) is 65.7 Å². The van der Waals surface area contributed by atoms with E-state index in [-0.39, 0.29) is 31.4 Å². The maximum Gasteiger partial charge on any atom is 0.144 e. The standard InChI is InChI=1S/C21H27N3O2.2ClH/c1-18-7-9-19(10-8-18)15-22-26-17-21(25)16-23-11-13-24(14-12-23)20-5-3-2-4-6-20;;/h2-10,15,21,25H,11-14,16-17H2,1H3;2*1H. The fourth-order valence-corrected chi connectivity index (χ4v) is 3.06. The summed E-state index contributed by atoms with van der Waals surface area (Å²) < 4.78 is 0. The molecule has 0 aromatic heterocycles. The largest absolute Gasteiger partial charge is 0.393 e. The smallest absolute Gasteiger partial charge is 0.144 e. The summed E-state index contributed by atoms with van der Waals surface area (Å²) in [7, 11) is 0. The Bertz CT molecular complexity index is 691. The summed E-state index contributed by atoms with van der Waals surface area (Å²) in [5.41, 5.74) is 3.47. The van der Waals surface area contributed by atoms with E-state index < -0.39 is 6.10 Å². The van der Waals surface area contributed by atoms with Gasteiger partial charge < -0.3 is 14.8 Å². The van der Waals surface area contributed by atoms with Crippen LogP contribution in [-0.2, 0) is 4.84 Å². The third-order valence-electron chi connectivity index (χ3n) is 4.58. The quantitative estimate of drug-likeness (QED) is 0.545. The second-order valence-corrected chi connectivity index (χ2v) is 6.72. The molecule has 2 aromatic carbocycles. The molecule has 0 spiro atoms. The van der Waals surface area contributed by atoms with E-state index in [1.54, 1.807) is 6.21 Å². The number of benzene rings is 2. The highest BCUT2D eigenvalue weighted by Crippen LogP contribution is 2.15. The van der Waals surface area contributed by atoms with Gasteiger partial charge in [0.15, 0.2) is 0 Å². The molecule has 1 aliphatic rings. The fourth-order valence-electron chi connectivity index (χ4n) is 3.06. The molecule has 3 rings (SSSR count). The molecule has 1 saturated heterocycles. The van der Waals surface area contributed by atoms with Crippen LogP contribution in [0.15, 0.2) is 59.8 Å². The first-order valence-corrected chi connectivity index (χ1v) is 9.13. The third-order valence-corrected chi connectivity index (χ3v) is 4.58. The molecule has 5 nitrogen and oxygen atoms in total. The zero-order valence-electron chi connectivity index (χ0n) is 16.1. The minimum absolute atomic E-state index is 0. The monoisotopic (exact) mass is 425 g/mol. The fraction of sp³-hybridized carbons (Fsp3) is 0.381. The molecule has 7 heteroatoms. The van der Waals surface area contributed by atoms with Gasteiger partial charge in [-0.2, -0.15) is 0 Å². The van der Waals surface area contributed by atoms with E-state index in [1.165, 1.54) is 11.3 Å². The van der Waals surface area contributed by atoms with E-state index >= 15 is 0 Å². The summed E-state index contributed by atoms with van der Waals surface area (Å²) >= 11 is 0. The highest BCUT2D eigenvalue weighted by Gasteiger charge is 2.19. The van der Waals surface area contributed by atoms with Crippen molar-refractivity contribution in [2.75, 3.05) is 44.2 Å². The number of oxime groups is 1. The van der Waals surface area contributed by atoms with Crippen LogP contribution >= 0.6 is 24.8 Å². The molecule has 0 saturated carbocycles. The van der Waals surface area contributed by atoms with E-state index in [1.807, 2.05) is 37.3 Å². The molecule has 0 radical (unpaired) electrons. The highest BCUT2D eigenvalue weighted by atomic mass is 35.5. The van der Waals surface area contributed by atoms with Crippen molar-refractivity contribution < 1.29 is 9.94 Å². The van der Waals surface area contributed by atoms with Gasteiger partial charge in [0.25, 0.3) is 0 Å². The number of nitrogens with zero attached hydrogens (tertiary/aromatic N) is 3. The van der Waals surface area contributed by atoms with Gasteiger partial charge in [-0.3, -0.25) is 4.90 Å². The summed E-state index contributed by atoms with van der Waals surface area (Å²) in [4.78, 5) is 9.90. The number of halogens is 2. The van der Waals surface area contributed by atoms with E-state index in [0.29, 0.717) is 6.54 Å². The number of rotatable bonds is 7. The number of hydrogen-bond donors (Lipinski definition) is 1. The molecule has 1 heterocycles. The Balaban J connectivity index is 0.00000196. The van der Waals surface area contributed by atoms with Crippen LogP contribution in [0.3, 0.4) is 0 Å². The first kappa shape index (κ1) is 24.2. The number of piperazine rings is 1. The minimum Gasteiger partial charge on any atom is -0.393 e. The molecule has 1 fully saturated rings. The Kier molecular flexibility index (Phi) is 10.9. The third kappa shape index (κ3) is 7.68. The normalized spacial score (nSPS) is 15.6. The van der Waals surface area contributed by atoms with Crippen molar-refractivity contribution in [3.63, 3.8) is 0 Å². The van der Waals surface area contributed by atoms with Gasteiger partial charge in [-0.15, -0.1) is 24.8 Å².